The van der Waals surface area contributed by atoms with Gasteiger partial charge in [-0.3, -0.25) is 4.72 Å². The second-order valence-corrected chi connectivity index (χ2v) is 7.34. The molecule has 0 bridgehead atoms. The Morgan fingerprint density at radius 1 is 1.19 bits per heavy atom. The Morgan fingerprint density at radius 3 is 2.48 bits per heavy atom. The number of hydrogen-bond donors (Lipinski definition) is 1. The summed E-state index contributed by atoms with van der Waals surface area (Å²) in [7, 11) is -3.58. The smallest absolute Gasteiger partial charge is 0.236 e. The summed E-state index contributed by atoms with van der Waals surface area (Å²) in [6, 6.07) is 13.3. The molecular weight excluding hydrogens is 376 g/mol. The first-order valence-electron chi connectivity index (χ1n) is 5.84. The lowest BCUT2D eigenvalue weighted by Gasteiger charge is -2.10. The van der Waals surface area contributed by atoms with Crippen LogP contribution < -0.4 is 4.72 Å². The fourth-order valence-corrected chi connectivity index (χ4v) is 3.46. The molecule has 4 nitrogen and oxygen atoms in total. The van der Waals surface area contributed by atoms with Gasteiger partial charge in [0.2, 0.25) is 10.0 Å². The van der Waals surface area contributed by atoms with Crippen molar-refractivity contribution in [2.45, 2.75) is 5.75 Å². The van der Waals surface area contributed by atoms with E-state index in [0.717, 1.165) is 4.47 Å². The second kappa shape index (κ2) is 6.48. The number of benzene rings is 2. The molecule has 2 aromatic rings. The van der Waals surface area contributed by atoms with Gasteiger partial charge in [0.15, 0.2) is 0 Å². The van der Waals surface area contributed by atoms with Crippen LogP contribution in [0.3, 0.4) is 0 Å². The minimum Gasteiger partial charge on any atom is -0.282 e. The highest BCUT2D eigenvalue weighted by molar-refractivity contribution is 9.10. The third kappa shape index (κ3) is 4.46. The summed E-state index contributed by atoms with van der Waals surface area (Å²) in [5.41, 5.74) is 1.39. The van der Waals surface area contributed by atoms with Crippen LogP contribution in [0, 0.1) is 11.3 Å². The molecule has 2 aromatic carbocycles. The quantitative estimate of drug-likeness (QED) is 0.867. The normalized spacial score (nSPS) is 10.9. The van der Waals surface area contributed by atoms with Gasteiger partial charge >= 0.3 is 0 Å². The first kappa shape index (κ1) is 15.8. The van der Waals surface area contributed by atoms with Crippen molar-refractivity contribution in [3.05, 3.63) is 63.1 Å². The summed E-state index contributed by atoms with van der Waals surface area (Å²) in [6.07, 6.45) is 0. The standard InChI is InChI=1S/C14H10BrClN2O2S/c15-12-5-6-13(16)14(7-12)18-21(19,20)9-11-3-1-10(8-17)2-4-11/h1-7,18H,9H2. The third-order valence-corrected chi connectivity index (χ3v) is 4.70. The molecule has 0 heterocycles. The Labute approximate surface area is 136 Å². The number of sulfonamides is 1. The van der Waals surface area contributed by atoms with E-state index in [4.69, 9.17) is 16.9 Å². The maximum absolute atomic E-state index is 12.1. The van der Waals surface area contributed by atoms with Crippen molar-refractivity contribution in [3.63, 3.8) is 0 Å². The number of anilines is 1. The minimum absolute atomic E-state index is 0.193. The maximum atomic E-state index is 12.1. The molecule has 0 spiro atoms. The summed E-state index contributed by atoms with van der Waals surface area (Å²) in [5.74, 6) is -0.193. The molecule has 0 unspecified atom stereocenters. The zero-order valence-electron chi connectivity index (χ0n) is 10.7. The molecule has 0 aliphatic heterocycles. The molecule has 0 aromatic heterocycles. The number of halogens is 2. The zero-order chi connectivity index (χ0) is 15.5. The van der Waals surface area contributed by atoms with Crippen molar-refractivity contribution < 1.29 is 8.42 Å². The first-order chi connectivity index (χ1) is 9.89. The van der Waals surface area contributed by atoms with Crippen molar-refractivity contribution in [2.24, 2.45) is 0 Å². The molecule has 0 fully saturated rings. The van der Waals surface area contributed by atoms with Crippen LogP contribution in [0.4, 0.5) is 5.69 Å². The molecule has 0 radical (unpaired) electrons. The predicted octanol–water partition coefficient (Wildman–Crippen LogP) is 3.92. The lowest BCUT2D eigenvalue weighted by Crippen LogP contribution is -2.15. The fourth-order valence-electron chi connectivity index (χ4n) is 1.67. The van der Waals surface area contributed by atoms with Crippen molar-refractivity contribution in [1.82, 2.24) is 0 Å². The van der Waals surface area contributed by atoms with E-state index in [2.05, 4.69) is 20.7 Å². The molecule has 0 aliphatic rings. The molecule has 0 aliphatic carbocycles. The third-order valence-electron chi connectivity index (χ3n) is 2.63. The number of nitrogens with one attached hydrogen (secondary N) is 1. The van der Waals surface area contributed by atoms with Gasteiger partial charge in [0.05, 0.1) is 28.1 Å². The van der Waals surface area contributed by atoms with Gasteiger partial charge < -0.3 is 0 Å². The van der Waals surface area contributed by atoms with Crippen LogP contribution in [0.15, 0.2) is 46.9 Å². The van der Waals surface area contributed by atoms with Gasteiger partial charge in [0, 0.05) is 4.47 Å². The predicted molar refractivity (Wildman–Crippen MR) is 86.6 cm³/mol. The van der Waals surface area contributed by atoms with Gasteiger partial charge in [-0.05, 0) is 35.9 Å². The SMILES string of the molecule is N#Cc1ccc(CS(=O)(=O)Nc2cc(Br)ccc2Cl)cc1. The van der Waals surface area contributed by atoms with Crippen LogP contribution in [-0.4, -0.2) is 8.42 Å². The molecule has 0 saturated carbocycles. The van der Waals surface area contributed by atoms with E-state index in [1.165, 1.54) is 0 Å². The van der Waals surface area contributed by atoms with E-state index in [1.807, 2.05) is 6.07 Å². The van der Waals surface area contributed by atoms with Gasteiger partial charge in [-0.25, -0.2) is 8.42 Å². The van der Waals surface area contributed by atoms with E-state index >= 15 is 0 Å². The summed E-state index contributed by atoms with van der Waals surface area (Å²) in [4.78, 5) is 0. The molecule has 0 saturated heterocycles. The summed E-state index contributed by atoms with van der Waals surface area (Å²) >= 11 is 9.22. The van der Waals surface area contributed by atoms with E-state index in [1.54, 1.807) is 42.5 Å². The van der Waals surface area contributed by atoms with Crippen LogP contribution in [-0.2, 0) is 15.8 Å². The van der Waals surface area contributed by atoms with Crippen molar-refractivity contribution in [3.8, 4) is 6.07 Å². The largest absolute Gasteiger partial charge is 0.282 e. The summed E-state index contributed by atoms with van der Waals surface area (Å²) in [6.45, 7) is 0. The number of nitrogens with zero attached hydrogens (tertiary/aromatic N) is 1. The molecule has 0 atom stereocenters. The molecule has 0 amide bonds. The molecule has 7 heteroatoms. The fraction of sp³-hybridized carbons (Fsp3) is 0.0714. The Morgan fingerprint density at radius 2 is 1.86 bits per heavy atom. The van der Waals surface area contributed by atoms with Crippen molar-refractivity contribution >= 4 is 43.2 Å². The van der Waals surface area contributed by atoms with Gasteiger partial charge in [-0.2, -0.15) is 5.26 Å². The lowest BCUT2D eigenvalue weighted by molar-refractivity contribution is 0.600. The Kier molecular flexibility index (Phi) is 4.88. The number of hydrogen-bond acceptors (Lipinski definition) is 3. The van der Waals surface area contributed by atoms with E-state index < -0.39 is 10.0 Å². The summed E-state index contributed by atoms with van der Waals surface area (Å²) in [5, 5.41) is 9.03. The highest BCUT2D eigenvalue weighted by Crippen LogP contribution is 2.27. The molecule has 2 rings (SSSR count). The summed E-state index contributed by atoms with van der Waals surface area (Å²) < 4.78 is 27.4. The van der Waals surface area contributed by atoms with Crippen LogP contribution in [0.2, 0.25) is 5.02 Å². The van der Waals surface area contributed by atoms with Gasteiger partial charge in [0.1, 0.15) is 0 Å². The highest BCUT2D eigenvalue weighted by Gasteiger charge is 2.14. The molecular formula is C14H10BrClN2O2S. The number of rotatable bonds is 4. The molecule has 1 N–H and O–H groups in total. The lowest BCUT2D eigenvalue weighted by atomic mass is 10.2. The van der Waals surface area contributed by atoms with Gasteiger partial charge in [0.25, 0.3) is 0 Å². The second-order valence-electron chi connectivity index (χ2n) is 4.29. The van der Waals surface area contributed by atoms with E-state index in [-0.39, 0.29) is 5.75 Å². The Balaban J connectivity index is 2.18. The van der Waals surface area contributed by atoms with Crippen LogP contribution in [0.5, 0.6) is 0 Å². The average molecular weight is 386 g/mol. The van der Waals surface area contributed by atoms with Crippen molar-refractivity contribution in [1.29, 1.82) is 5.26 Å². The zero-order valence-corrected chi connectivity index (χ0v) is 13.8. The Bertz CT molecular complexity index is 799. The van der Waals surface area contributed by atoms with Crippen LogP contribution in [0.1, 0.15) is 11.1 Å². The van der Waals surface area contributed by atoms with E-state index in [9.17, 15) is 8.42 Å². The monoisotopic (exact) mass is 384 g/mol. The van der Waals surface area contributed by atoms with Crippen LogP contribution in [0.25, 0.3) is 0 Å². The first-order valence-corrected chi connectivity index (χ1v) is 8.66. The maximum Gasteiger partial charge on any atom is 0.236 e. The van der Waals surface area contributed by atoms with Crippen molar-refractivity contribution in [2.75, 3.05) is 4.72 Å². The average Bonchev–Trinajstić information content (AvgIpc) is 2.43. The minimum atomic E-state index is -3.58. The van der Waals surface area contributed by atoms with E-state index in [0.29, 0.717) is 21.8 Å². The van der Waals surface area contributed by atoms with Crippen LogP contribution >= 0.6 is 27.5 Å². The molecule has 108 valence electrons. The Hall–Kier alpha value is -1.55. The highest BCUT2D eigenvalue weighted by atomic mass is 79.9. The topological polar surface area (TPSA) is 70.0 Å². The van der Waals surface area contributed by atoms with Gasteiger partial charge in [-0.15, -0.1) is 0 Å². The number of nitriles is 1. The van der Waals surface area contributed by atoms with Gasteiger partial charge in [-0.1, -0.05) is 39.7 Å². The molecule has 21 heavy (non-hydrogen) atoms.